The van der Waals surface area contributed by atoms with Crippen LogP contribution in [0.1, 0.15) is 11.3 Å². The maximum Gasteiger partial charge on any atom is 0.311 e. The molecular weight excluding hydrogens is 296 g/mol. The standard InChI is InChI=1S/C11H12N6O5/c1-20-8-3-2-6(4-7(8)17(18)19)5-21-15-10(12)9-11(13)16-22-14-9/h2-4H,5H2,1H3,(H2,12,15)(H2,13,16). The first-order chi connectivity index (χ1) is 10.5. The number of aromatic nitrogens is 2. The number of nitrogens with two attached hydrogens (primary N) is 2. The fourth-order valence-electron chi connectivity index (χ4n) is 1.56. The van der Waals surface area contributed by atoms with E-state index >= 15 is 0 Å². The van der Waals surface area contributed by atoms with E-state index in [1.54, 1.807) is 6.07 Å². The Hall–Kier alpha value is -3.37. The average molecular weight is 308 g/mol. The first kappa shape index (κ1) is 15.0. The molecule has 0 fully saturated rings. The normalized spacial score (nSPS) is 11.2. The Balaban J connectivity index is 2.07. The molecule has 0 bridgehead atoms. The number of amidine groups is 1. The summed E-state index contributed by atoms with van der Waals surface area (Å²) in [4.78, 5) is 15.4. The monoisotopic (exact) mass is 308 g/mol. The number of nitrogen functional groups attached to an aromatic ring is 1. The molecule has 2 rings (SSSR count). The Morgan fingerprint density at radius 1 is 1.50 bits per heavy atom. The number of benzene rings is 1. The zero-order chi connectivity index (χ0) is 16.1. The van der Waals surface area contributed by atoms with Crippen molar-refractivity contribution in [2.24, 2.45) is 10.9 Å². The van der Waals surface area contributed by atoms with E-state index in [0.717, 1.165) is 0 Å². The fraction of sp³-hybridized carbons (Fsp3) is 0.182. The van der Waals surface area contributed by atoms with Crippen LogP contribution in [-0.4, -0.2) is 28.2 Å². The van der Waals surface area contributed by atoms with E-state index in [4.69, 9.17) is 21.0 Å². The molecule has 116 valence electrons. The van der Waals surface area contributed by atoms with Crippen LogP contribution in [0.25, 0.3) is 0 Å². The number of nitro benzene ring substituents is 1. The minimum atomic E-state index is -0.554. The second-order valence-electron chi connectivity index (χ2n) is 4.01. The molecule has 22 heavy (non-hydrogen) atoms. The van der Waals surface area contributed by atoms with Gasteiger partial charge in [-0.25, -0.2) is 4.63 Å². The van der Waals surface area contributed by atoms with Gasteiger partial charge in [0.15, 0.2) is 23.1 Å². The van der Waals surface area contributed by atoms with Gasteiger partial charge in [-0.15, -0.1) is 0 Å². The summed E-state index contributed by atoms with van der Waals surface area (Å²) in [5.74, 6) is 0.00454. The van der Waals surface area contributed by atoms with Gasteiger partial charge in [0, 0.05) is 6.07 Å². The van der Waals surface area contributed by atoms with Gasteiger partial charge in [0.2, 0.25) is 0 Å². The van der Waals surface area contributed by atoms with Crippen molar-refractivity contribution in [3.8, 4) is 5.75 Å². The van der Waals surface area contributed by atoms with Crippen molar-refractivity contribution >= 4 is 17.3 Å². The van der Waals surface area contributed by atoms with Crippen LogP contribution in [0, 0.1) is 10.1 Å². The molecule has 4 N–H and O–H groups in total. The first-order valence-corrected chi connectivity index (χ1v) is 5.88. The lowest BCUT2D eigenvalue weighted by atomic mass is 10.2. The van der Waals surface area contributed by atoms with E-state index in [1.807, 2.05) is 0 Å². The fourth-order valence-corrected chi connectivity index (χ4v) is 1.56. The van der Waals surface area contributed by atoms with Crippen molar-refractivity contribution in [1.29, 1.82) is 0 Å². The molecule has 0 aliphatic rings. The highest BCUT2D eigenvalue weighted by atomic mass is 16.6. The van der Waals surface area contributed by atoms with Crippen LogP contribution in [0.4, 0.5) is 11.5 Å². The zero-order valence-corrected chi connectivity index (χ0v) is 11.4. The van der Waals surface area contributed by atoms with E-state index in [-0.39, 0.29) is 35.4 Å². The van der Waals surface area contributed by atoms with Gasteiger partial charge in [0.05, 0.1) is 12.0 Å². The number of hydrogen-bond acceptors (Lipinski definition) is 9. The van der Waals surface area contributed by atoms with Crippen molar-refractivity contribution < 1.29 is 19.1 Å². The van der Waals surface area contributed by atoms with Crippen molar-refractivity contribution in [1.82, 2.24) is 10.3 Å². The lowest BCUT2D eigenvalue weighted by Gasteiger charge is -2.04. The topological polar surface area (TPSA) is 165 Å². The number of methoxy groups -OCH3 is 1. The highest BCUT2D eigenvalue weighted by molar-refractivity contribution is 5.98. The molecule has 2 aromatic rings. The number of hydrogen-bond donors (Lipinski definition) is 2. The summed E-state index contributed by atoms with van der Waals surface area (Å²) in [5, 5.41) is 21.3. The number of oxime groups is 1. The Morgan fingerprint density at radius 2 is 2.27 bits per heavy atom. The summed E-state index contributed by atoms with van der Waals surface area (Å²) in [7, 11) is 1.35. The Labute approximate surface area is 123 Å². The zero-order valence-electron chi connectivity index (χ0n) is 11.4. The summed E-state index contributed by atoms with van der Waals surface area (Å²) in [6.45, 7) is -0.0449. The molecule has 0 atom stereocenters. The minimum Gasteiger partial charge on any atom is -0.490 e. The van der Waals surface area contributed by atoms with Crippen molar-refractivity contribution in [2.75, 3.05) is 12.8 Å². The third-order valence-electron chi connectivity index (χ3n) is 2.59. The average Bonchev–Trinajstić information content (AvgIpc) is 2.93. The molecule has 0 saturated heterocycles. The molecule has 0 spiro atoms. The first-order valence-electron chi connectivity index (χ1n) is 5.88. The van der Waals surface area contributed by atoms with Gasteiger partial charge in [-0.05, 0) is 21.9 Å². The van der Waals surface area contributed by atoms with Gasteiger partial charge in [-0.1, -0.05) is 11.2 Å². The van der Waals surface area contributed by atoms with Gasteiger partial charge in [-0.3, -0.25) is 10.1 Å². The molecule has 11 nitrogen and oxygen atoms in total. The lowest BCUT2D eigenvalue weighted by molar-refractivity contribution is -0.385. The van der Waals surface area contributed by atoms with Crippen LogP contribution in [0.3, 0.4) is 0 Å². The maximum atomic E-state index is 10.9. The smallest absolute Gasteiger partial charge is 0.311 e. The van der Waals surface area contributed by atoms with E-state index < -0.39 is 4.92 Å². The second-order valence-corrected chi connectivity index (χ2v) is 4.01. The summed E-state index contributed by atoms with van der Waals surface area (Å²) in [6.07, 6.45) is 0. The molecule has 0 radical (unpaired) electrons. The molecule has 11 heteroatoms. The van der Waals surface area contributed by atoms with Gasteiger partial charge < -0.3 is 21.0 Å². The predicted molar refractivity (Wildman–Crippen MR) is 73.9 cm³/mol. The Morgan fingerprint density at radius 3 is 2.86 bits per heavy atom. The summed E-state index contributed by atoms with van der Waals surface area (Å²) in [6, 6.07) is 4.38. The Kier molecular flexibility index (Phi) is 4.36. The largest absolute Gasteiger partial charge is 0.490 e. The number of nitro groups is 1. The maximum absolute atomic E-state index is 10.9. The predicted octanol–water partition coefficient (Wildman–Crippen LogP) is 0.406. The summed E-state index contributed by atoms with van der Waals surface area (Å²) in [5.41, 5.74) is 11.4. The van der Waals surface area contributed by atoms with E-state index in [1.165, 1.54) is 19.2 Å². The molecule has 0 saturated carbocycles. The molecule has 1 heterocycles. The molecular formula is C11H12N6O5. The number of nitrogens with zero attached hydrogens (tertiary/aromatic N) is 4. The second kappa shape index (κ2) is 6.39. The van der Waals surface area contributed by atoms with Crippen LogP contribution in [-0.2, 0) is 11.4 Å². The summed E-state index contributed by atoms with van der Waals surface area (Å²) < 4.78 is 9.27. The third-order valence-corrected chi connectivity index (χ3v) is 2.59. The van der Waals surface area contributed by atoms with Crippen molar-refractivity contribution in [3.05, 3.63) is 39.6 Å². The molecule has 1 aromatic carbocycles. The number of rotatable bonds is 6. The quantitative estimate of drug-likeness (QED) is 0.332. The van der Waals surface area contributed by atoms with Crippen LogP contribution < -0.4 is 16.2 Å². The summed E-state index contributed by atoms with van der Waals surface area (Å²) >= 11 is 0. The van der Waals surface area contributed by atoms with Gasteiger partial charge >= 0.3 is 5.69 Å². The molecule has 0 aliphatic heterocycles. The highest BCUT2D eigenvalue weighted by Gasteiger charge is 2.15. The molecule has 0 aliphatic carbocycles. The van der Waals surface area contributed by atoms with Gasteiger partial charge in [-0.2, -0.15) is 0 Å². The van der Waals surface area contributed by atoms with Gasteiger partial charge in [0.25, 0.3) is 0 Å². The number of anilines is 1. The van der Waals surface area contributed by atoms with E-state index in [2.05, 4.69) is 20.1 Å². The number of ether oxygens (including phenoxy) is 1. The van der Waals surface area contributed by atoms with Crippen LogP contribution in [0.15, 0.2) is 28.0 Å². The van der Waals surface area contributed by atoms with Gasteiger partial charge in [0.1, 0.15) is 6.61 Å². The SMILES string of the molecule is COc1ccc(CO/N=C(/N)c2nonc2N)cc1[N+](=O)[O-]. The third kappa shape index (κ3) is 3.20. The minimum absolute atomic E-state index is 0.0232. The van der Waals surface area contributed by atoms with Crippen molar-refractivity contribution in [2.45, 2.75) is 6.61 Å². The van der Waals surface area contributed by atoms with Crippen LogP contribution in [0.5, 0.6) is 5.75 Å². The molecule has 1 aromatic heterocycles. The van der Waals surface area contributed by atoms with Crippen LogP contribution >= 0.6 is 0 Å². The molecule has 0 amide bonds. The molecule has 0 unspecified atom stereocenters. The highest BCUT2D eigenvalue weighted by Crippen LogP contribution is 2.27. The lowest BCUT2D eigenvalue weighted by Crippen LogP contribution is -2.16. The van der Waals surface area contributed by atoms with Crippen molar-refractivity contribution in [3.63, 3.8) is 0 Å². The van der Waals surface area contributed by atoms with E-state index in [0.29, 0.717) is 5.56 Å². The van der Waals surface area contributed by atoms with Crippen LogP contribution in [0.2, 0.25) is 0 Å². The Bertz CT molecular complexity index is 713. The van der Waals surface area contributed by atoms with E-state index in [9.17, 15) is 10.1 Å².